The van der Waals surface area contributed by atoms with Gasteiger partial charge in [-0.1, -0.05) is 20.3 Å². The summed E-state index contributed by atoms with van der Waals surface area (Å²) in [5.41, 5.74) is 0.707. The lowest BCUT2D eigenvalue weighted by Gasteiger charge is -2.19. The Morgan fingerprint density at radius 1 is 1.44 bits per heavy atom. The molecule has 0 saturated carbocycles. The Morgan fingerprint density at radius 3 is 2.44 bits per heavy atom. The molecule has 0 aliphatic carbocycles. The summed E-state index contributed by atoms with van der Waals surface area (Å²) in [6.45, 7) is 7.17. The van der Waals surface area contributed by atoms with E-state index >= 15 is 0 Å². The fourth-order valence-electron chi connectivity index (χ4n) is 1.76. The summed E-state index contributed by atoms with van der Waals surface area (Å²) in [5.74, 6) is -0.829. The summed E-state index contributed by atoms with van der Waals surface area (Å²) in [7, 11) is 0. The van der Waals surface area contributed by atoms with Crippen LogP contribution in [0.2, 0.25) is 0 Å². The number of amides is 1. The molecule has 0 aromatic carbocycles. The van der Waals surface area contributed by atoms with Gasteiger partial charge in [-0.15, -0.1) is 0 Å². The maximum Gasteiger partial charge on any atom is 0.326 e. The number of carbonyl (C=O) groups excluding carboxylic acids is 1. The number of hydrogen-bond acceptors (Lipinski definition) is 3. The molecule has 0 spiro atoms. The molecular weight excluding hydrogens is 234 g/mol. The van der Waals surface area contributed by atoms with E-state index in [1.807, 2.05) is 6.92 Å². The number of hydrogen-bond donors (Lipinski definition) is 2. The van der Waals surface area contributed by atoms with Crippen LogP contribution in [0, 0.1) is 19.8 Å². The number of carboxylic acid groups (broad SMARTS) is 1. The van der Waals surface area contributed by atoms with Crippen molar-refractivity contribution in [1.29, 1.82) is 0 Å². The van der Waals surface area contributed by atoms with Crippen LogP contribution in [0.15, 0.2) is 10.5 Å². The first-order valence-corrected chi connectivity index (χ1v) is 5.97. The predicted octanol–water partition coefficient (Wildman–Crippen LogP) is 2.13. The minimum atomic E-state index is -1.03. The number of carboxylic acids is 1. The maximum atomic E-state index is 11.9. The number of aryl methyl sites for hydroxylation is 2. The fourth-order valence-corrected chi connectivity index (χ4v) is 1.76. The van der Waals surface area contributed by atoms with Gasteiger partial charge in [-0.3, -0.25) is 4.79 Å². The second kappa shape index (κ2) is 5.71. The normalized spacial score (nSPS) is 14.0. The average molecular weight is 253 g/mol. The zero-order valence-electron chi connectivity index (χ0n) is 11.1. The van der Waals surface area contributed by atoms with Crippen molar-refractivity contribution in [3.8, 4) is 0 Å². The van der Waals surface area contributed by atoms with Crippen molar-refractivity contribution >= 4 is 11.9 Å². The Bertz CT molecular complexity index is 450. The van der Waals surface area contributed by atoms with Crippen LogP contribution in [-0.2, 0) is 4.79 Å². The summed E-state index contributed by atoms with van der Waals surface area (Å²) >= 11 is 0. The highest BCUT2D eigenvalue weighted by Crippen LogP contribution is 2.15. The van der Waals surface area contributed by atoms with E-state index in [0.717, 1.165) is 0 Å². The van der Waals surface area contributed by atoms with Crippen LogP contribution >= 0.6 is 0 Å². The molecule has 1 heterocycles. The molecule has 0 radical (unpaired) electrons. The van der Waals surface area contributed by atoms with Crippen LogP contribution in [-0.4, -0.2) is 23.0 Å². The molecule has 1 aromatic heterocycles. The number of rotatable bonds is 5. The second-order valence-electron chi connectivity index (χ2n) is 4.54. The molecular formula is C13H19NO4. The van der Waals surface area contributed by atoms with Gasteiger partial charge in [0.25, 0.3) is 5.91 Å². The van der Waals surface area contributed by atoms with Crippen molar-refractivity contribution in [3.05, 3.63) is 23.2 Å². The van der Waals surface area contributed by atoms with E-state index in [9.17, 15) is 9.59 Å². The molecule has 2 atom stereocenters. The molecule has 0 saturated heterocycles. The SMILES string of the molecule is CC[C@H](C)[C@H](NC(=O)c1oc(C)cc1C)C(=O)O. The highest BCUT2D eigenvalue weighted by Gasteiger charge is 2.27. The highest BCUT2D eigenvalue weighted by molar-refractivity contribution is 5.95. The van der Waals surface area contributed by atoms with Crippen LogP contribution in [0.5, 0.6) is 0 Å². The van der Waals surface area contributed by atoms with Crippen LogP contribution in [0.3, 0.4) is 0 Å². The zero-order valence-corrected chi connectivity index (χ0v) is 11.1. The van der Waals surface area contributed by atoms with E-state index < -0.39 is 17.9 Å². The van der Waals surface area contributed by atoms with E-state index in [-0.39, 0.29) is 11.7 Å². The van der Waals surface area contributed by atoms with Gasteiger partial charge in [0.2, 0.25) is 0 Å². The lowest BCUT2D eigenvalue weighted by atomic mass is 9.99. The Labute approximate surface area is 106 Å². The largest absolute Gasteiger partial charge is 0.480 e. The Balaban J connectivity index is 2.85. The van der Waals surface area contributed by atoms with Gasteiger partial charge in [0.05, 0.1) is 0 Å². The van der Waals surface area contributed by atoms with Gasteiger partial charge in [-0.25, -0.2) is 4.79 Å². The van der Waals surface area contributed by atoms with E-state index in [0.29, 0.717) is 17.7 Å². The van der Waals surface area contributed by atoms with Gasteiger partial charge in [-0.2, -0.15) is 0 Å². The second-order valence-corrected chi connectivity index (χ2v) is 4.54. The first-order valence-electron chi connectivity index (χ1n) is 5.97. The summed E-state index contributed by atoms with van der Waals surface area (Å²) < 4.78 is 5.27. The topological polar surface area (TPSA) is 79.5 Å². The van der Waals surface area contributed by atoms with Crippen molar-refractivity contribution in [2.75, 3.05) is 0 Å². The summed E-state index contributed by atoms with van der Waals surface area (Å²) in [6.07, 6.45) is 0.674. The molecule has 0 unspecified atom stereocenters. The Morgan fingerprint density at radius 2 is 2.06 bits per heavy atom. The summed E-state index contributed by atoms with van der Waals surface area (Å²) in [6, 6.07) is 0.848. The van der Waals surface area contributed by atoms with Gasteiger partial charge >= 0.3 is 5.97 Å². The third kappa shape index (κ3) is 3.12. The van der Waals surface area contributed by atoms with Gasteiger partial charge in [0.1, 0.15) is 11.8 Å². The predicted molar refractivity (Wildman–Crippen MR) is 66.5 cm³/mol. The molecule has 1 aromatic rings. The minimum absolute atomic E-state index is 0.136. The van der Waals surface area contributed by atoms with E-state index in [1.165, 1.54) is 0 Å². The van der Waals surface area contributed by atoms with Crippen molar-refractivity contribution in [2.24, 2.45) is 5.92 Å². The molecule has 0 aliphatic rings. The first-order chi connectivity index (χ1) is 8.36. The molecule has 2 N–H and O–H groups in total. The Hall–Kier alpha value is -1.78. The molecule has 5 heteroatoms. The van der Waals surface area contributed by atoms with Crippen LogP contribution in [0.4, 0.5) is 0 Å². The van der Waals surface area contributed by atoms with E-state index in [2.05, 4.69) is 5.32 Å². The maximum absolute atomic E-state index is 11.9. The standard InChI is InChI=1S/C13H19NO4/c1-5-7(2)10(13(16)17)14-12(15)11-8(3)6-9(4)18-11/h6-7,10H,5H2,1-4H3,(H,14,15)(H,16,17)/t7-,10-/m0/s1. The van der Waals surface area contributed by atoms with Crippen molar-refractivity contribution < 1.29 is 19.1 Å². The molecule has 0 bridgehead atoms. The minimum Gasteiger partial charge on any atom is -0.480 e. The first kappa shape index (κ1) is 14.3. The van der Waals surface area contributed by atoms with E-state index in [1.54, 1.807) is 26.8 Å². The molecule has 18 heavy (non-hydrogen) atoms. The van der Waals surface area contributed by atoms with Gasteiger partial charge in [0, 0.05) is 5.56 Å². The van der Waals surface area contributed by atoms with Gasteiger partial charge in [0.15, 0.2) is 5.76 Å². The third-order valence-corrected chi connectivity index (χ3v) is 3.01. The van der Waals surface area contributed by atoms with Crippen LogP contribution in [0.1, 0.15) is 42.1 Å². The number of carbonyl (C=O) groups is 2. The third-order valence-electron chi connectivity index (χ3n) is 3.01. The number of furan rings is 1. The molecule has 1 rings (SSSR count). The summed E-state index contributed by atoms with van der Waals surface area (Å²) in [5, 5.41) is 11.6. The number of nitrogens with one attached hydrogen (secondary N) is 1. The molecule has 0 aliphatic heterocycles. The van der Waals surface area contributed by atoms with Crippen molar-refractivity contribution in [1.82, 2.24) is 5.32 Å². The highest BCUT2D eigenvalue weighted by atomic mass is 16.4. The van der Waals surface area contributed by atoms with Crippen molar-refractivity contribution in [3.63, 3.8) is 0 Å². The van der Waals surface area contributed by atoms with Crippen LogP contribution in [0.25, 0.3) is 0 Å². The zero-order chi connectivity index (χ0) is 13.9. The van der Waals surface area contributed by atoms with Gasteiger partial charge < -0.3 is 14.8 Å². The Kier molecular flexibility index (Phi) is 4.53. The molecule has 100 valence electrons. The lowest BCUT2D eigenvalue weighted by molar-refractivity contribution is -0.140. The monoisotopic (exact) mass is 253 g/mol. The molecule has 5 nitrogen and oxygen atoms in total. The molecule has 0 fully saturated rings. The average Bonchev–Trinajstić information content (AvgIpc) is 2.63. The van der Waals surface area contributed by atoms with Gasteiger partial charge in [-0.05, 0) is 25.8 Å². The lowest BCUT2D eigenvalue weighted by Crippen LogP contribution is -2.45. The van der Waals surface area contributed by atoms with Crippen molar-refractivity contribution in [2.45, 2.75) is 40.2 Å². The fraction of sp³-hybridized carbons (Fsp3) is 0.538. The molecule has 1 amide bonds. The quantitative estimate of drug-likeness (QED) is 0.842. The summed E-state index contributed by atoms with van der Waals surface area (Å²) in [4.78, 5) is 23.1. The van der Waals surface area contributed by atoms with E-state index in [4.69, 9.17) is 9.52 Å². The van der Waals surface area contributed by atoms with Crippen LogP contribution < -0.4 is 5.32 Å². The smallest absolute Gasteiger partial charge is 0.326 e. The number of aliphatic carboxylic acids is 1.